The van der Waals surface area contributed by atoms with Gasteiger partial charge in [0.2, 0.25) is 0 Å². The third kappa shape index (κ3) is 5.00. The minimum Gasteiger partial charge on any atom is -0.490 e. The van der Waals surface area contributed by atoms with Crippen LogP contribution in [0.15, 0.2) is 12.1 Å². The van der Waals surface area contributed by atoms with Crippen LogP contribution in [-0.4, -0.2) is 31.8 Å². The van der Waals surface area contributed by atoms with Crippen LogP contribution >= 0.6 is 0 Å². The lowest BCUT2D eigenvalue weighted by Gasteiger charge is -2.18. The Morgan fingerprint density at radius 3 is 2.45 bits per heavy atom. The zero-order valence-corrected chi connectivity index (χ0v) is 13.6. The summed E-state index contributed by atoms with van der Waals surface area (Å²) in [5.41, 5.74) is 12.9. The molecule has 1 atom stereocenters. The van der Waals surface area contributed by atoms with E-state index in [9.17, 15) is 4.79 Å². The molecule has 1 aromatic carbocycles. The summed E-state index contributed by atoms with van der Waals surface area (Å²) < 4.78 is 16.0. The highest BCUT2D eigenvalue weighted by Gasteiger charge is 2.15. The number of carbonyl (C=O) groups is 1. The molecule has 0 saturated carbocycles. The van der Waals surface area contributed by atoms with Crippen molar-refractivity contribution in [2.24, 2.45) is 0 Å². The average molecular weight is 311 g/mol. The fourth-order valence-corrected chi connectivity index (χ4v) is 1.78. The molecule has 0 aromatic heterocycles. The molecule has 0 aliphatic heterocycles. The highest BCUT2D eigenvalue weighted by molar-refractivity contribution is 5.75. The van der Waals surface area contributed by atoms with Crippen molar-refractivity contribution in [2.45, 2.75) is 33.7 Å². The normalized spacial score (nSPS) is 11.6. The maximum Gasteiger partial charge on any atom is 0.324 e. The summed E-state index contributed by atoms with van der Waals surface area (Å²) in [5.74, 6) is 0.740. The maximum absolute atomic E-state index is 11.5. The van der Waals surface area contributed by atoms with Crippen molar-refractivity contribution in [3.63, 3.8) is 0 Å². The smallest absolute Gasteiger partial charge is 0.324 e. The van der Waals surface area contributed by atoms with E-state index in [0.29, 0.717) is 42.7 Å². The molecule has 0 radical (unpaired) electrons. The summed E-state index contributed by atoms with van der Waals surface area (Å²) in [6, 6.07) is 2.97. The maximum atomic E-state index is 11.5. The number of nitrogens with one attached hydrogen (secondary N) is 2. The van der Waals surface area contributed by atoms with Gasteiger partial charge in [0, 0.05) is 6.07 Å². The van der Waals surface area contributed by atoms with Crippen LogP contribution in [0, 0.1) is 0 Å². The fraction of sp³-hybridized carbons (Fsp3) is 0.533. The van der Waals surface area contributed by atoms with Crippen molar-refractivity contribution in [1.82, 2.24) is 5.43 Å². The van der Waals surface area contributed by atoms with Crippen LogP contribution in [-0.2, 0) is 9.53 Å². The third-order valence-electron chi connectivity index (χ3n) is 2.75. The molecule has 124 valence electrons. The quantitative estimate of drug-likeness (QED) is 0.364. The molecule has 22 heavy (non-hydrogen) atoms. The summed E-state index contributed by atoms with van der Waals surface area (Å²) in [6.45, 7) is 8.56. The van der Waals surface area contributed by atoms with E-state index in [0.717, 1.165) is 0 Å². The zero-order chi connectivity index (χ0) is 16.5. The van der Waals surface area contributed by atoms with Gasteiger partial charge in [-0.05, 0) is 33.8 Å². The molecule has 0 aliphatic carbocycles. The SMILES string of the molecule is CCOC(=O)C(C)NNc1cc(N)c(OCC)c(OCC)c1. The molecule has 0 fully saturated rings. The van der Waals surface area contributed by atoms with Crippen LogP contribution in [0.2, 0.25) is 0 Å². The first-order valence-corrected chi connectivity index (χ1v) is 7.40. The van der Waals surface area contributed by atoms with E-state index in [1.165, 1.54) is 0 Å². The van der Waals surface area contributed by atoms with Gasteiger partial charge >= 0.3 is 5.97 Å². The Labute approximate surface area is 131 Å². The topological polar surface area (TPSA) is 94.8 Å². The van der Waals surface area contributed by atoms with Crippen molar-refractivity contribution in [3.05, 3.63) is 12.1 Å². The standard InChI is InChI=1S/C15H25N3O4/c1-5-20-13-9-11(8-12(16)14(13)21-6-2)18-17-10(4)15(19)22-7-3/h8-10,17-18H,5-7,16H2,1-4H3. The number of rotatable bonds is 9. The van der Waals surface area contributed by atoms with E-state index in [1.54, 1.807) is 26.0 Å². The fourth-order valence-electron chi connectivity index (χ4n) is 1.78. The Morgan fingerprint density at radius 2 is 1.86 bits per heavy atom. The minimum absolute atomic E-state index is 0.334. The van der Waals surface area contributed by atoms with Crippen LogP contribution in [0.1, 0.15) is 27.7 Å². The summed E-state index contributed by atoms with van der Waals surface area (Å²) in [7, 11) is 0. The molecule has 0 bridgehead atoms. The molecule has 7 nitrogen and oxygen atoms in total. The summed E-state index contributed by atoms with van der Waals surface area (Å²) in [6.07, 6.45) is 0. The molecule has 4 N–H and O–H groups in total. The zero-order valence-electron chi connectivity index (χ0n) is 13.6. The first-order chi connectivity index (χ1) is 10.5. The second-order valence-electron chi connectivity index (χ2n) is 4.50. The van der Waals surface area contributed by atoms with Gasteiger partial charge in [-0.3, -0.25) is 4.79 Å². The minimum atomic E-state index is -0.497. The number of ether oxygens (including phenoxy) is 3. The van der Waals surface area contributed by atoms with E-state index in [2.05, 4.69) is 10.9 Å². The van der Waals surface area contributed by atoms with Crippen LogP contribution in [0.3, 0.4) is 0 Å². The van der Waals surface area contributed by atoms with Gasteiger partial charge in [-0.15, -0.1) is 0 Å². The van der Waals surface area contributed by atoms with E-state index in [4.69, 9.17) is 19.9 Å². The lowest BCUT2D eigenvalue weighted by molar-refractivity contribution is -0.144. The van der Waals surface area contributed by atoms with E-state index >= 15 is 0 Å². The lowest BCUT2D eigenvalue weighted by atomic mass is 10.2. The molecule has 0 amide bonds. The summed E-state index contributed by atoms with van der Waals surface area (Å²) in [5, 5.41) is 0. The Balaban J connectivity index is 2.81. The first kappa shape index (κ1) is 17.9. The molecular formula is C15H25N3O4. The highest BCUT2D eigenvalue weighted by Crippen LogP contribution is 2.36. The molecule has 0 heterocycles. The number of anilines is 2. The van der Waals surface area contributed by atoms with Gasteiger partial charge in [-0.25, -0.2) is 5.43 Å². The Bertz CT molecular complexity index is 494. The number of esters is 1. The van der Waals surface area contributed by atoms with Crippen LogP contribution in [0.25, 0.3) is 0 Å². The van der Waals surface area contributed by atoms with Gasteiger partial charge in [0.05, 0.1) is 31.2 Å². The molecule has 1 aromatic rings. The number of hydrazine groups is 1. The number of hydrogen-bond donors (Lipinski definition) is 3. The van der Waals surface area contributed by atoms with Crippen LogP contribution < -0.4 is 26.1 Å². The van der Waals surface area contributed by atoms with Crippen molar-refractivity contribution < 1.29 is 19.0 Å². The van der Waals surface area contributed by atoms with Gasteiger partial charge < -0.3 is 25.4 Å². The predicted molar refractivity (Wildman–Crippen MR) is 86.0 cm³/mol. The molecular weight excluding hydrogens is 286 g/mol. The third-order valence-corrected chi connectivity index (χ3v) is 2.75. The number of benzene rings is 1. The molecule has 0 aliphatic rings. The van der Waals surface area contributed by atoms with Crippen LogP contribution in [0.4, 0.5) is 11.4 Å². The van der Waals surface area contributed by atoms with Gasteiger partial charge in [0.1, 0.15) is 6.04 Å². The van der Waals surface area contributed by atoms with Gasteiger partial charge in [0.25, 0.3) is 0 Å². The van der Waals surface area contributed by atoms with Crippen molar-refractivity contribution in [2.75, 3.05) is 31.0 Å². The van der Waals surface area contributed by atoms with E-state index < -0.39 is 6.04 Å². The Kier molecular flexibility index (Phi) is 7.31. The largest absolute Gasteiger partial charge is 0.490 e. The highest BCUT2D eigenvalue weighted by atomic mass is 16.5. The number of nitrogens with two attached hydrogens (primary N) is 1. The molecule has 1 rings (SSSR count). The van der Waals surface area contributed by atoms with Crippen LogP contribution in [0.5, 0.6) is 11.5 Å². The molecule has 1 unspecified atom stereocenters. The second kappa shape index (κ2) is 8.99. The summed E-state index contributed by atoms with van der Waals surface area (Å²) in [4.78, 5) is 11.5. The van der Waals surface area contributed by atoms with E-state index in [-0.39, 0.29) is 5.97 Å². The number of carbonyl (C=O) groups excluding carboxylic acids is 1. The van der Waals surface area contributed by atoms with Gasteiger partial charge in [0.15, 0.2) is 11.5 Å². The second-order valence-corrected chi connectivity index (χ2v) is 4.50. The number of nitrogen functional groups attached to an aromatic ring is 1. The lowest BCUT2D eigenvalue weighted by Crippen LogP contribution is -2.39. The first-order valence-electron chi connectivity index (χ1n) is 7.40. The molecule has 0 saturated heterocycles. The van der Waals surface area contributed by atoms with Crippen molar-refractivity contribution >= 4 is 17.3 Å². The van der Waals surface area contributed by atoms with E-state index in [1.807, 2.05) is 13.8 Å². The average Bonchev–Trinajstić information content (AvgIpc) is 2.48. The Hall–Kier alpha value is -2.15. The monoisotopic (exact) mass is 311 g/mol. The van der Waals surface area contributed by atoms with Gasteiger partial charge in [-0.1, -0.05) is 0 Å². The Morgan fingerprint density at radius 1 is 1.18 bits per heavy atom. The number of hydrogen-bond acceptors (Lipinski definition) is 7. The molecule has 7 heteroatoms. The molecule has 0 spiro atoms. The van der Waals surface area contributed by atoms with Crippen molar-refractivity contribution in [3.8, 4) is 11.5 Å². The predicted octanol–water partition coefficient (Wildman–Crippen LogP) is 1.93. The summed E-state index contributed by atoms with van der Waals surface area (Å²) >= 11 is 0. The van der Waals surface area contributed by atoms with Gasteiger partial charge in [-0.2, -0.15) is 0 Å². The van der Waals surface area contributed by atoms with Crippen molar-refractivity contribution in [1.29, 1.82) is 0 Å².